The standard InChI is InChI=1S/C12H8FN.C5H10O3/c13-8-5-6-12-10(7-8)9-3-1-2-4-11(9)14-12;6-4-1-2-8-3-5(4)7/h1-7,14H;4-7H,1-3H2. The van der Waals surface area contributed by atoms with E-state index in [2.05, 4.69) is 4.98 Å². The summed E-state index contributed by atoms with van der Waals surface area (Å²) in [5, 5.41) is 19.7. The van der Waals surface area contributed by atoms with Crippen molar-refractivity contribution in [1.82, 2.24) is 4.98 Å². The first-order valence-electron chi connectivity index (χ1n) is 7.25. The van der Waals surface area contributed by atoms with E-state index in [9.17, 15) is 4.39 Å². The molecular weight excluding hydrogens is 285 g/mol. The van der Waals surface area contributed by atoms with Crippen LogP contribution in [-0.4, -0.2) is 40.6 Å². The van der Waals surface area contributed by atoms with E-state index in [1.54, 1.807) is 12.1 Å². The van der Waals surface area contributed by atoms with E-state index in [-0.39, 0.29) is 12.4 Å². The number of ether oxygens (including phenoxy) is 1. The molecule has 1 aromatic heterocycles. The maximum atomic E-state index is 13.0. The van der Waals surface area contributed by atoms with Crippen molar-refractivity contribution in [3.05, 3.63) is 48.3 Å². The molecule has 3 N–H and O–H groups in total. The Morgan fingerprint density at radius 3 is 2.50 bits per heavy atom. The third kappa shape index (κ3) is 3.11. The van der Waals surface area contributed by atoms with Gasteiger partial charge in [0, 0.05) is 28.4 Å². The molecule has 2 heterocycles. The molecular formula is C17H18FNO3. The fourth-order valence-electron chi connectivity index (χ4n) is 2.53. The summed E-state index contributed by atoms with van der Waals surface area (Å²) >= 11 is 0. The number of aliphatic hydroxyl groups is 2. The Morgan fingerprint density at radius 1 is 1.00 bits per heavy atom. The van der Waals surface area contributed by atoms with Crippen LogP contribution in [-0.2, 0) is 4.74 Å². The van der Waals surface area contributed by atoms with Crippen molar-refractivity contribution in [2.75, 3.05) is 13.2 Å². The molecule has 0 spiro atoms. The van der Waals surface area contributed by atoms with E-state index in [0.29, 0.717) is 13.0 Å². The van der Waals surface area contributed by atoms with Crippen molar-refractivity contribution < 1.29 is 19.3 Å². The van der Waals surface area contributed by atoms with Crippen molar-refractivity contribution >= 4 is 21.8 Å². The number of nitrogens with one attached hydrogen (secondary N) is 1. The van der Waals surface area contributed by atoms with Crippen molar-refractivity contribution in [2.24, 2.45) is 0 Å². The predicted molar refractivity (Wildman–Crippen MR) is 83.2 cm³/mol. The van der Waals surface area contributed by atoms with E-state index in [0.717, 1.165) is 21.8 Å². The monoisotopic (exact) mass is 303 g/mol. The van der Waals surface area contributed by atoms with Gasteiger partial charge in [-0.1, -0.05) is 18.2 Å². The second kappa shape index (κ2) is 6.44. The molecule has 1 fully saturated rings. The Labute approximate surface area is 127 Å². The van der Waals surface area contributed by atoms with Crippen LogP contribution in [0.3, 0.4) is 0 Å². The second-order valence-electron chi connectivity index (χ2n) is 5.36. The fraction of sp³-hybridized carbons (Fsp3) is 0.294. The van der Waals surface area contributed by atoms with Crippen LogP contribution >= 0.6 is 0 Å². The number of hydrogen-bond donors (Lipinski definition) is 3. The van der Waals surface area contributed by atoms with Gasteiger partial charge in [0.1, 0.15) is 11.9 Å². The lowest BCUT2D eigenvalue weighted by Gasteiger charge is -2.22. The van der Waals surface area contributed by atoms with E-state index < -0.39 is 12.2 Å². The molecule has 2 unspecified atom stereocenters. The molecule has 4 nitrogen and oxygen atoms in total. The summed E-state index contributed by atoms with van der Waals surface area (Å²) in [4.78, 5) is 3.24. The van der Waals surface area contributed by atoms with Crippen LogP contribution in [0.5, 0.6) is 0 Å². The smallest absolute Gasteiger partial charge is 0.123 e. The van der Waals surface area contributed by atoms with E-state index >= 15 is 0 Å². The maximum absolute atomic E-state index is 13.0. The Balaban J connectivity index is 0.000000154. The molecule has 5 heteroatoms. The van der Waals surface area contributed by atoms with Gasteiger partial charge in [0.25, 0.3) is 0 Å². The zero-order valence-electron chi connectivity index (χ0n) is 12.0. The average molecular weight is 303 g/mol. The minimum absolute atomic E-state index is 0.192. The molecule has 22 heavy (non-hydrogen) atoms. The normalized spacial score (nSPS) is 21.6. The van der Waals surface area contributed by atoms with Crippen LogP contribution in [0.15, 0.2) is 42.5 Å². The van der Waals surface area contributed by atoms with E-state index in [1.807, 2.05) is 24.3 Å². The van der Waals surface area contributed by atoms with E-state index in [1.165, 1.54) is 6.07 Å². The fourth-order valence-corrected chi connectivity index (χ4v) is 2.53. The summed E-state index contributed by atoms with van der Waals surface area (Å²) < 4.78 is 17.9. The summed E-state index contributed by atoms with van der Waals surface area (Å²) in [6, 6.07) is 12.7. The minimum atomic E-state index is -0.663. The summed E-state index contributed by atoms with van der Waals surface area (Å²) in [6.45, 7) is 0.847. The number of aromatic nitrogens is 1. The van der Waals surface area contributed by atoms with Crippen molar-refractivity contribution in [1.29, 1.82) is 0 Å². The number of aliphatic hydroxyl groups excluding tert-OH is 2. The summed E-state index contributed by atoms with van der Waals surface area (Å²) in [5.74, 6) is -0.192. The Kier molecular flexibility index (Phi) is 4.38. The molecule has 0 saturated carbocycles. The number of para-hydroxylation sites is 1. The van der Waals surface area contributed by atoms with E-state index in [4.69, 9.17) is 14.9 Å². The van der Waals surface area contributed by atoms with Gasteiger partial charge in [-0.2, -0.15) is 0 Å². The van der Waals surface area contributed by atoms with Gasteiger partial charge in [0.2, 0.25) is 0 Å². The number of benzene rings is 2. The lowest BCUT2D eigenvalue weighted by Crippen LogP contribution is -2.36. The van der Waals surface area contributed by atoms with Crippen molar-refractivity contribution in [2.45, 2.75) is 18.6 Å². The predicted octanol–water partition coefficient (Wildman–Crippen LogP) is 2.59. The van der Waals surface area contributed by atoms with Crippen LogP contribution in [0.4, 0.5) is 4.39 Å². The molecule has 0 bridgehead atoms. The number of aromatic amines is 1. The lowest BCUT2D eigenvalue weighted by atomic mass is 10.1. The van der Waals surface area contributed by atoms with Crippen LogP contribution in [0, 0.1) is 5.82 Å². The zero-order valence-corrected chi connectivity index (χ0v) is 12.0. The van der Waals surface area contributed by atoms with Gasteiger partial charge >= 0.3 is 0 Å². The number of halogens is 1. The minimum Gasteiger partial charge on any atom is -0.390 e. The topological polar surface area (TPSA) is 65.5 Å². The van der Waals surface area contributed by atoms with Gasteiger partial charge in [-0.05, 0) is 30.7 Å². The molecule has 3 aromatic rings. The number of rotatable bonds is 0. The Bertz CT molecular complexity index is 761. The number of H-pyrrole nitrogens is 1. The second-order valence-corrected chi connectivity index (χ2v) is 5.36. The largest absolute Gasteiger partial charge is 0.390 e. The van der Waals surface area contributed by atoms with Gasteiger partial charge < -0.3 is 19.9 Å². The van der Waals surface area contributed by atoms with Crippen LogP contribution in [0.2, 0.25) is 0 Å². The summed E-state index contributed by atoms with van der Waals surface area (Å²) in [6.07, 6.45) is -0.672. The molecule has 0 amide bonds. The third-order valence-electron chi connectivity index (χ3n) is 3.76. The molecule has 2 atom stereocenters. The molecule has 1 saturated heterocycles. The number of fused-ring (bicyclic) bond motifs is 3. The first-order valence-corrected chi connectivity index (χ1v) is 7.25. The van der Waals surface area contributed by atoms with Gasteiger partial charge in [-0.3, -0.25) is 0 Å². The first kappa shape index (κ1) is 15.0. The zero-order chi connectivity index (χ0) is 15.5. The van der Waals surface area contributed by atoms with Crippen LogP contribution in [0.25, 0.3) is 21.8 Å². The quantitative estimate of drug-likeness (QED) is 0.598. The van der Waals surface area contributed by atoms with Gasteiger partial charge in [0.05, 0.1) is 12.7 Å². The summed E-state index contributed by atoms with van der Waals surface area (Å²) in [7, 11) is 0. The third-order valence-corrected chi connectivity index (χ3v) is 3.76. The maximum Gasteiger partial charge on any atom is 0.123 e. The van der Waals surface area contributed by atoms with Crippen molar-refractivity contribution in [3.8, 4) is 0 Å². The molecule has 116 valence electrons. The summed E-state index contributed by atoms with van der Waals surface area (Å²) in [5.41, 5.74) is 2.03. The highest BCUT2D eigenvalue weighted by molar-refractivity contribution is 6.07. The highest BCUT2D eigenvalue weighted by atomic mass is 19.1. The molecule has 4 rings (SSSR count). The molecule has 1 aliphatic rings. The van der Waals surface area contributed by atoms with Crippen molar-refractivity contribution in [3.63, 3.8) is 0 Å². The molecule has 2 aromatic carbocycles. The van der Waals surface area contributed by atoms with Gasteiger partial charge in [-0.25, -0.2) is 4.39 Å². The lowest BCUT2D eigenvalue weighted by molar-refractivity contribution is -0.0852. The molecule has 0 radical (unpaired) electrons. The highest BCUT2D eigenvalue weighted by Gasteiger charge is 2.20. The highest BCUT2D eigenvalue weighted by Crippen LogP contribution is 2.25. The molecule has 1 aliphatic heterocycles. The Hall–Kier alpha value is -1.95. The molecule has 0 aliphatic carbocycles. The van der Waals surface area contributed by atoms with Crippen LogP contribution in [0.1, 0.15) is 6.42 Å². The van der Waals surface area contributed by atoms with Gasteiger partial charge in [0.15, 0.2) is 0 Å². The first-order chi connectivity index (χ1) is 10.6. The van der Waals surface area contributed by atoms with Gasteiger partial charge in [-0.15, -0.1) is 0 Å². The number of hydrogen-bond acceptors (Lipinski definition) is 3. The SMILES string of the molecule is Fc1ccc2[nH]c3ccccc3c2c1.OC1CCOCC1O. The Morgan fingerprint density at radius 2 is 1.77 bits per heavy atom. The van der Waals surface area contributed by atoms with Crippen LogP contribution < -0.4 is 0 Å². The average Bonchev–Trinajstić information content (AvgIpc) is 2.89.